The van der Waals surface area contributed by atoms with Crippen molar-refractivity contribution < 1.29 is 9.90 Å². The van der Waals surface area contributed by atoms with Crippen LogP contribution in [0.4, 0.5) is 5.82 Å². The minimum Gasteiger partial charge on any atom is -0.480 e. The molecule has 0 aliphatic rings. The quantitative estimate of drug-likeness (QED) is 0.318. The number of hydrogen-bond acceptors (Lipinski definition) is 4. The first-order chi connectivity index (χ1) is 16.7. The molecule has 0 radical (unpaired) electrons. The van der Waals surface area contributed by atoms with Gasteiger partial charge >= 0.3 is 5.97 Å². The van der Waals surface area contributed by atoms with Crippen molar-refractivity contribution in [2.45, 2.75) is 12.5 Å². The molecule has 1 unspecified atom stereocenters. The first-order valence-electron chi connectivity index (χ1n) is 11.1. The Hall–Kier alpha value is -4.51. The topological polar surface area (TPSA) is 75.1 Å². The maximum Gasteiger partial charge on any atom is 0.326 e. The van der Waals surface area contributed by atoms with Crippen LogP contribution in [0.3, 0.4) is 0 Å². The van der Waals surface area contributed by atoms with E-state index in [1.807, 2.05) is 48.5 Å². The Labute approximate surface area is 197 Å². The number of fused-ring (bicyclic) bond motifs is 1. The number of nitrogens with zero attached hydrogens (tertiary/aromatic N) is 2. The standard InChI is InChI=1S/C29H23N3O2/c33-29(34)27(17-20-7-2-1-3-8-20)32-28-18-26(30-19-31-28)23-15-13-22(14-16-23)25-12-6-10-21-9-4-5-11-24(21)25/h1-16,18-19,27H,17H2,(H,33,34)(H,30,31,32). The van der Waals surface area contributed by atoms with Crippen LogP contribution >= 0.6 is 0 Å². The van der Waals surface area contributed by atoms with Gasteiger partial charge in [0, 0.05) is 18.1 Å². The molecule has 1 heterocycles. The zero-order valence-electron chi connectivity index (χ0n) is 18.4. The molecule has 5 rings (SSSR count). The van der Waals surface area contributed by atoms with Crippen LogP contribution in [0, 0.1) is 0 Å². The molecule has 2 N–H and O–H groups in total. The minimum absolute atomic E-state index is 0.356. The molecule has 0 fully saturated rings. The molecule has 0 amide bonds. The van der Waals surface area contributed by atoms with Gasteiger partial charge in [-0.05, 0) is 27.5 Å². The van der Waals surface area contributed by atoms with E-state index in [1.165, 1.54) is 22.7 Å². The summed E-state index contributed by atoms with van der Waals surface area (Å²) in [5.41, 5.74) is 4.91. The lowest BCUT2D eigenvalue weighted by atomic mass is 9.97. The van der Waals surface area contributed by atoms with Gasteiger partial charge < -0.3 is 10.4 Å². The molecule has 4 aromatic carbocycles. The van der Waals surface area contributed by atoms with E-state index in [0.717, 1.165) is 22.4 Å². The zero-order valence-corrected chi connectivity index (χ0v) is 18.4. The van der Waals surface area contributed by atoms with Crippen molar-refractivity contribution >= 4 is 22.6 Å². The number of aromatic nitrogens is 2. The van der Waals surface area contributed by atoms with Crippen molar-refractivity contribution in [3.05, 3.63) is 115 Å². The Morgan fingerprint density at radius 2 is 1.50 bits per heavy atom. The summed E-state index contributed by atoms with van der Waals surface area (Å²) < 4.78 is 0. The van der Waals surface area contributed by atoms with E-state index < -0.39 is 12.0 Å². The molecule has 5 nitrogen and oxygen atoms in total. The number of aliphatic carboxylic acids is 1. The average molecular weight is 446 g/mol. The molecule has 34 heavy (non-hydrogen) atoms. The molecule has 0 bridgehead atoms. The molecule has 5 heteroatoms. The second-order valence-electron chi connectivity index (χ2n) is 8.12. The number of nitrogens with one attached hydrogen (secondary N) is 1. The zero-order chi connectivity index (χ0) is 23.3. The highest BCUT2D eigenvalue weighted by Gasteiger charge is 2.18. The van der Waals surface area contributed by atoms with E-state index in [9.17, 15) is 9.90 Å². The van der Waals surface area contributed by atoms with Gasteiger partial charge in [-0.15, -0.1) is 0 Å². The van der Waals surface area contributed by atoms with Crippen LogP contribution in [0.1, 0.15) is 5.56 Å². The first-order valence-corrected chi connectivity index (χ1v) is 11.1. The predicted octanol–water partition coefficient (Wildman–Crippen LogP) is 6.07. The number of carboxylic acid groups (broad SMARTS) is 1. The van der Waals surface area contributed by atoms with Crippen molar-refractivity contribution in [2.75, 3.05) is 5.32 Å². The monoisotopic (exact) mass is 445 g/mol. The van der Waals surface area contributed by atoms with Gasteiger partial charge in [-0.25, -0.2) is 14.8 Å². The van der Waals surface area contributed by atoms with Crippen LogP contribution < -0.4 is 5.32 Å². The van der Waals surface area contributed by atoms with Gasteiger partial charge in [0.1, 0.15) is 18.2 Å². The number of anilines is 1. The van der Waals surface area contributed by atoms with Crippen molar-refractivity contribution in [2.24, 2.45) is 0 Å². The van der Waals surface area contributed by atoms with Crippen LogP contribution in [-0.2, 0) is 11.2 Å². The summed E-state index contributed by atoms with van der Waals surface area (Å²) in [6.45, 7) is 0. The SMILES string of the molecule is O=C(O)C(Cc1ccccc1)Nc1cc(-c2ccc(-c3cccc4ccccc34)cc2)ncn1. The normalized spacial score (nSPS) is 11.8. The second-order valence-corrected chi connectivity index (χ2v) is 8.12. The van der Waals surface area contributed by atoms with E-state index >= 15 is 0 Å². The molecule has 5 aromatic rings. The van der Waals surface area contributed by atoms with Gasteiger partial charge in [0.2, 0.25) is 0 Å². The van der Waals surface area contributed by atoms with E-state index in [2.05, 4.69) is 63.8 Å². The number of carboxylic acids is 1. The molecule has 0 aliphatic carbocycles. The lowest BCUT2D eigenvalue weighted by molar-refractivity contribution is -0.137. The summed E-state index contributed by atoms with van der Waals surface area (Å²) >= 11 is 0. The van der Waals surface area contributed by atoms with E-state index in [-0.39, 0.29) is 0 Å². The fourth-order valence-corrected chi connectivity index (χ4v) is 4.12. The highest BCUT2D eigenvalue weighted by molar-refractivity contribution is 5.96. The summed E-state index contributed by atoms with van der Waals surface area (Å²) in [5, 5.41) is 15.2. The fraction of sp³-hybridized carbons (Fsp3) is 0.0690. The Balaban J connectivity index is 1.38. The predicted molar refractivity (Wildman–Crippen MR) is 136 cm³/mol. The maximum absolute atomic E-state index is 11.8. The Kier molecular flexibility index (Phi) is 5.99. The number of carbonyl (C=O) groups is 1. The molecule has 0 saturated heterocycles. The smallest absolute Gasteiger partial charge is 0.326 e. The third-order valence-corrected chi connectivity index (χ3v) is 5.85. The fourth-order valence-electron chi connectivity index (χ4n) is 4.12. The van der Waals surface area contributed by atoms with Crippen molar-refractivity contribution in [3.63, 3.8) is 0 Å². The van der Waals surface area contributed by atoms with Crippen molar-refractivity contribution in [3.8, 4) is 22.4 Å². The highest BCUT2D eigenvalue weighted by atomic mass is 16.4. The lowest BCUT2D eigenvalue weighted by Crippen LogP contribution is -2.31. The average Bonchev–Trinajstić information content (AvgIpc) is 2.89. The number of rotatable bonds is 7. The molecule has 1 aromatic heterocycles. The van der Waals surface area contributed by atoms with Gasteiger partial charge in [0.25, 0.3) is 0 Å². The van der Waals surface area contributed by atoms with Gasteiger partial charge in [0.05, 0.1) is 5.69 Å². The molecule has 0 saturated carbocycles. The van der Waals surface area contributed by atoms with Crippen LogP contribution in [0.25, 0.3) is 33.2 Å². The molecule has 0 aliphatic heterocycles. The van der Waals surface area contributed by atoms with E-state index in [4.69, 9.17) is 0 Å². The Morgan fingerprint density at radius 3 is 2.29 bits per heavy atom. The summed E-state index contributed by atoms with van der Waals surface area (Å²) in [6.07, 6.45) is 1.81. The molecule has 0 spiro atoms. The largest absolute Gasteiger partial charge is 0.480 e. The first kappa shape index (κ1) is 21.3. The summed E-state index contributed by atoms with van der Waals surface area (Å²) in [6, 6.07) is 33.4. The summed E-state index contributed by atoms with van der Waals surface area (Å²) in [7, 11) is 0. The van der Waals surface area contributed by atoms with Gasteiger partial charge in [-0.3, -0.25) is 0 Å². The second kappa shape index (κ2) is 9.55. The van der Waals surface area contributed by atoms with Crippen LogP contribution in [-0.4, -0.2) is 27.1 Å². The van der Waals surface area contributed by atoms with Gasteiger partial charge in [0.15, 0.2) is 0 Å². The van der Waals surface area contributed by atoms with Crippen molar-refractivity contribution in [1.82, 2.24) is 9.97 Å². The van der Waals surface area contributed by atoms with Crippen LogP contribution in [0.15, 0.2) is 109 Å². The van der Waals surface area contributed by atoms with Gasteiger partial charge in [-0.1, -0.05) is 97.1 Å². The van der Waals surface area contributed by atoms with Crippen LogP contribution in [0.5, 0.6) is 0 Å². The minimum atomic E-state index is -0.927. The third-order valence-electron chi connectivity index (χ3n) is 5.85. The summed E-state index contributed by atoms with van der Waals surface area (Å²) in [5.74, 6) is -0.449. The van der Waals surface area contributed by atoms with Crippen LogP contribution in [0.2, 0.25) is 0 Å². The Bertz CT molecular complexity index is 1430. The molecular weight excluding hydrogens is 422 g/mol. The third kappa shape index (κ3) is 4.64. The number of hydrogen-bond donors (Lipinski definition) is 2. The van der Waals surface area contributed by atoms with Gasteiger partial charge in [-0.2, -0.15) is 0 Å². The summed E-state index contributed by atoms with van der Waals surface area (Å²) in [4.78, 5) is 20.5. The lowest BCUT2D eigenvalue weighted by Gasteiger charge is -2.15. The maximum atomic E-state index is 11.8. The molecule has 1 atom stereocenters. The van der Waals surface area contributed by atoms with Crippen molar-refractivity contribution in [1.29, 1.82) is 0 Å². The highest BCUT2D eigenvalue weighted by Crippen LogP contribution is 2.30. The number of benzene rings is 4. The van der Waals surface area contributed by atoms with E-state index in [0.29, 0.717) is 12.2 Å². The Morgan fingerprint density at radius 1 is 0.794 bits per heavy atom. The molecule has 166 valence electrons. The molecular formula is C29H23N3O2. The van der Waals surface area contributed by atoms with E-state index in [1.54, 1.807) is 6.07 Å².